The molecule has 90 valence electrons. The van der Waals surface area contributed by atoms with E-state index >= 15 is 0 Å². The van der Waals surface area contributed by atoms with Gasteiger partial charge in [0.2, 0.25) is 0 Å². The Morgan fingerprint density at radius 3 is 2.40 bits per heavy atom. The van der Waals surface area contributed by atoms with Gasteiger partial charge in [-0.15, -0.1) is 0 Å². The maximum absolute atomic E-state index is 10.4. The minimum Gasteiger partial charge on any atom is -0.392 e. The lowest BCUT2D eigenvalue weighted by atomic mass is 9.68. The first kappa shape index (κ1) is 13.0. The van der Waals surface area contributed by atoms with Gasteiger partial charge in [0.15, 0.2) is 0 Å². The summed E-state index contributed by atoms with van der Waals surface area (Å²) in [5.41, 5.74) is 0.158. The van der Waals surface area contributed by atoms with E-state index in [1.54, 1.807) is 7.11 Å². The van der Waals surface area contributed by atoms with Crippen LogP contribution < -0.4 is 0 Å². The molecule has 0 aromatic carbocycles. The van der Waals surface area contributed by atoms with E-state index in [9.17, 15) is 5.11 Å². The van der Waals surface area contributed by atoms with E-state index in [0.29, 0.717) is 5.92 Å². The molecule has 0 amide bonds. The molecule has 0 saturated heterocycles. The van der Waals surface area contributed by atoms with Gasteiger partial charge in [-0.3, -0.25) is 0 Å². The monoisotopic (exact) mass is 214 g/mol. The Labute approximate surface area is 94.0 Å². The molecule has 1 saturated carbocycles. The largest absolute Gasteiger partial charge is 0.392 e. The number of hydrogen-bond donors (Lipinski definition) is 1. The standard InChI is InChI=1S/C13H26O2/c1-11(7-10-15-3)12(14)13(2)8-5-4-6-9-13/h11-12,14H,4-10H2,1-3H3. The van der Waals surface area contributed by atoms with Crippen molar-refractivity contribution in [3.8, 4) is 0 Å². The number of aliphatic hydroxyl groups is 1. The third-order valence-electron chi connectivity index (χ3n) is 4.03. The van der Waals surface area contributed by atoms with Gasteiger partial charge in [0.05, 0.1) is 6.10 Å². The number of rotatable bonds is 5. The van der Waals surface area contributed by atoms with Crippen molar-refractivity contribution < 1.29 is 9.84 Å². The fraction of sp³-hybridized carbons (Fsp3) is 1.00. The fourth-order valence-corrected chi connectivity index (χ4v) is 2.80. The third-order valence-corrected chi connectivity index (χ3v) is 4.03. The molecule has 1 N–H and O–H groups in total. The molecule has 1 fully saturated rings. The van der Waals surface area contributed by atoms with Gasteiger partial charge in [0.1, 0.15) is 0 Å². The Morgan fingerprint density at radius 2 is 1.87 bits per heavy atom. The van der Waals surface area contributed by atoms with Crippen LogP contribution in [0.3, 0.4) is 0 Å². The lowest BCUT2D eigenvalue weighted by Gasteiger charge is -2.40. The molecular weight excluding hydrogens is 188 g/mol. The van der Waals surface area contributed by atoms with E-state index in [4.69, 9.17) is 4.74 Å². The van der Waals surface area contributed by atoms with Crippen molar-refractivity contribution in [2.24, 2.45) is 11.3 Å². The van der Waals surface area contributed by atoms with Gasteiger partial charge in [0, 0.05) is 13.7 Å². The zero-order valence-electron chi connectivity index (χ0n) is 10.5. The minimum atomic E-state index is -0.159. The second kappa shape index (κ2) is 5.86. The van der Waals surface area contributed by atoms with E-state index in [-0.39, 0.29) is 11.5 Å². The van der Waals surface area contributed by atoms with E-state index in [0.717, 1.165) is 13.0 Å². The SMILES string of the molecule is COCCC(C)C(O)C1(C)CCCCC1. The van der Waals surface area contributed by atoms with Crippen molar-refractivity contribution >= 4 is 0 Å². The predicted molar refractivity (Wildman–Crippen MR) is 62.9 cm³/mol. The molecular formula is C13H26O2. The quantitative estimate of drug-likeness (QED) is 0.762. The number of ether oxygens (including phenoxy) is 1. The van der Waals surface area contributed by atoms with Gasteiger partial charge >= 0.3 is 0 Å². The molecule has 0 bridgehead atoms. The Balaban J connectivity index is 2.45. The summed E-state index contributed by atoms with van der Waals surface area (Å²) in [6.07, 6.45) is 7.08. The highest BCUT2D eigenvalue weighted by molar-refractivity contribution is 4.87. The predicted octanol–water partition coefficient (Wildman–Crippen LogP) is 2.99. The molecule has 0 aromatic rings. The highest BCUT2D eigenvalue weighted by Gasteiger charge is 2.36. The van der Waals surface area contributed by atoms with Crippen LogP contribution >= 0.6 is 0 Å². The lowest BCUT2D eigenvalue weighted by molar-refractivity contribution is -0.0330. The molecule has 1 aliphatic rings. The van der Waals surface area contributed by atoms with E-state index < -0.39 is 0 Å². The van der Waals surface area contributed by atoms with Crippen molar-refractivity contribution in [3.63, 3.8) is 0 Å². The first-order valence-corrected chi connectivity index (χ1v) is 6.27. The molecule has 0 aliphatic heterocycles. The lowest BCUT2D eigenvalue weighted by Crippen LogP contribution is -2.39. The van der Waals surface area contributed by atoms with Gasteiger partial charge in [-0.2, -0.15) is 0 Å². The van der Waals surface area contributed by atoms with Crippen LogP contribution in [0, 0.1) is 11.3 Å². The van der Waals surface area contributed by atoms with Crippen molar-refractivity contribution in [2.45, 2.75) is 58.5 Å². The van der Waals surface area contributed by atoms with Gasteiger partial charge in [-0.05, 0) is 30.6 Å². The molecule has 2 heteroatoms. The Hall–Kier alpha value is -0.0800. The Bertz CT molecular complexity index is 173. The Morgan fingerprint density at radius 1 is 1.27 bits per heavy atom. The van der Waals surface area contributed by atoms with Crippen LogP contribution in [-0.4, -0.2) is 24.9 Å². The fourth-order valence-electron chi connectivity index (χ4n) is 2.80. The summed E-state index contributed by atoms with van der Waals surface area (Å²) >= 11 is 0. The molecule has 1 aliphatic carbocycles. The Kier molecular flexibility index (Phi) is 5.07. The summed E-state index contributed by atoms with van der Waals surface area (Å²) in [4.78, 5) is 0. The van der Waals surface area contributed by atoms with Crippen LogP contribution in [0.4, 0.5) is 0 Å². The van der Waals surface area contributed by atoms with Crippen LogP contribution in [0.5, 0.6) is 0 Å². The summed E-state index contributed by atoms with van der Waals surface area (Å²) in [6, 6.07) is 0. The number of methoxy groups -OCH3 is 1. The summed E-state index contributed by atoms with van der Waals surface area (Å²) in [5.74, 6) is 0.355. The summed E-state index contributed by atoms with van der Waals surface area (Å²) in [5, 5.41) is 10.4. The van der Waals surface area contributed by atoms with E-state index in [1.165, 1.54) is 32.1 Å². The van der Waals surface area contributed by atoms with Crippen LogP contribution in [0.15, 0.2) is 0 Å². The first-order valence-electron chi connectivity index (χ1n) is 6.27. The van der Waals surface area contributed by atoms with Crippen LogP contribution in [-0.2, 0) is 4.74 Å². The smallest absolute Gasteiger partial charge is 0.0620 e. The highest BCUT2D eigenvalue weighted by Crippen LogP contribution is 2.41. The minimum absolute atomic E-state index is 0.158. The molecule has 0 spiro atoms. The van der Waals surface area contributed by atoms with Crippen LogP contribution in [0.25, 0.3) is 0 Å². The maximum atomic E-state index is 10.4. The van der Waals surface area contributed by atoms with Crippen molar-refractivity contribution in [2.75, 3.05) is 13.7 Å². The first-order chi connectivity index (χ1) is 7.10. The molecule has 2 atom stereocenters. The van der Waals surface area contributed by atoms with Gasteiger partial charge in [0.25, 0.3) is 0 Å². The van der Waals surface area contributed by atoms with Gasteiger partial charge in [-0.1, -0.05) is 33.1 Å². The molecule has 0 radical (unpaired) electrons. The van der Waals surface area contributed by atoms with Gasteiger partial charge in [-0.25, -0.2) is 0 Å². The molecule has 0 aromatic heterocycles. The van der Waals surface area contributed by atoms with Crippen molar-refractivity contribution in [3.05, 3.63) is 0 Å². The second-order valence-electron chi connectivity index (χ2n) is 5.42. The molecule has 2 nitrogen and oxygen atoms in total. The third kappa shape index (κ3) is 3.46. The maximum Gasteiger partial charge on any atom is 0.0620 e. The molecule has 0 heterocycles. The highest BCUT2D eigenvalue weighted by atomic mass is 16.5. The summed E-state index contributed by atoms with van der Waals surface area (Å²) < 4.78 is 5.07. The number of hydrogen-bond acceptors (Lipinski definition) is 2. The number of aliphatic hydroxyl groups excluding tert-OH is 1. The zero-order chi connectivity index (χ0) is 11.3. The molecule has 15 heavy (non-hydrogen) atoms. The van der Waals surface area contributed by atoms with Gasteiger partial charge < -0.3 is 9.84 Å². The van der Waals surface area contributed by atoms with E-state index in [2.05, 4.69) is 13.8 Å². The molecule has 2 unspecified atom stereocenters. The topological polar surface area (TPSA) is 29.5 Å². The normalized spacial score (nSPS) is 24.8. The average molecular weight is 214 g/mol. The second-order valence-corrected chi connectivity index (χ2v) is 5.42. The average Bonchev–Trinajstić information content (AvgIpc) is 2.26. The molecule has 1 rings (SSSR count). The summed E-state index contributed by atoms with van der Waals surface area (Å²) in [7, 11) is 1.72. The zero-order valence-corrected chi connectivity index (χ0v) is 10.5. The van der Waals surface area contributed by atoms with E-state index in [1.807, 2.05) is 0 Å². The summed E-state index contributed by atoms with van der Waals surface area (Å²) in [6.45, 7) is 5.15. The van der Waals surface area contributed by atoms with Crippen LogP contribution in [0.1, 0.15) is 52.4 Å². The van der Waals surface area contributed by atoms with Crippen LogP contribution in [0.2, 0.25) is 0 Å². The van der Waals surface area contributed by atoms with Crippen molar-refractivity contribution in [1.29, 1.82) is 0 Å². The van der Waals surface area contributed by atoms with Crippen molar-refractivity contribution in [1.82, 2.24) is 0 Å².